The summed E-state index contributed by atoms with van der Waals surface area (Å²) in [7, 11) is 2.13. The Kier molecular flexibility index (Phi) is 3.20. The summed E-state index contributed by atoms with van der Waals surface area (Å²) in [6, 6.07) is 0. The Morgan fingerprint density at radius 3 is 2.78 bits per heavy atom. The average Bonchev–Trinajstić information content (AvgIpc) is 3.00. The normalized spacial score (nSPS) is 19.6. The first-order chi connectivity index (χ1) is 8.79. The zero-order chi connectivity index (χ0) is 12.5. The molecule has 0 saturated heterocycles. The minimum atomic E-state index is 0.632. The molecule has 1 fully saturated rings. The predicted molar refractivity (Wildman–Crippen MR) is 73.0 cm³/mol. The maximum Gasteiger partial charge on any atom is 0.135 e. The molecule has 1 aromatic heterocycles. The third-order valence-electron chi connectivity index (χ3n) is 4.23. The summed E-state index contributed by atoms with van der Waals surface area (Å²) >= 11 is 0. The van der Waals surface area contributed by atoms with Gasteiger partial charge in [0.2, 0.25) is 0 Å². The smallest absolute Gasteiger partial charge is 0.135 e. The van der Waals surface area contributed by atoms with Crippen molar-refractivity contribution >= 4 is 5.82 Å². The number of fused-ring (bicyclic) bond motifs is 1. The van der Waals surface area contributed by atoms with Crippen LogP contribution in [0.25, 0.3) is 0 Å². The van der Waals surface area contributed by atoms with E-state index in [-0.39, 0.29) is 0 Å². The number of hydrogen-bond acceptors (Lipinski definition) is 4. The molecule has 1 aliphatic carbocycles. The minimum Gasteiger partial charge on any atom is -0.359 e. The first-order valence-corrected chi connectivity index (χ1v) is 7.10. The van der Waals surface area contributed by atoms with Gasteiger partial charge in [0.1, 0.15) is 11.6 Å². The molecule has 3 rings (SSSR count). The van der Waals surface area contributed by atoms with Crippen LogP contribution in [0.15, 0.2) is 0 Å². The topological polar surface area (TPSA) is 55.0 Å². The van der Waals surface area contributed by atoms with Crippen molar-refractivity contribution in [3.63, 3.8) is 0 Å². The number of nitrogens with zero attached hydrogens (tertiary/aromatic N) is 3. The van der Waals surface area contributed by atoms with Gasteiger partial charge >= 0.3 is 0 Å². The molecular formula is C14H22N4. The maximum atomic E-state index is 5.65. The zero-order valence-electron chi connectivity index (χ0n) is 11.2. The molecule has 0 atom stereocenters. The lowest BCUT2D eigenvalue weighted by molar-refractivity contribution is 0.674. The number of anilines is 1. The van der Waals surface area contributed by atoms with Gasteiger partial charge in [-0.2, -0.15) is 0 Å². The van der Waals surface area contributed by atoms with Crippen LogP contribution in [0.4, 0.5) is 5.82 Å². The van der Waals surface area contributed by atoms with Gasteiger partial charge in [0.15, 0.2) is 0 Å². The summed E-state index contributed by atoms with van der Waals surface area (Å²) in [4.78, 5) is 11.8. The van der Waals surface area contributed by atoms with Crippen molar-refractivity contribution in [2.24, 2.45) is 5.73 Å². The summed E-state index contributed by atoms with van der Waals surface area (Å²) in [5.41, 5.74) is 8.40. The third-order valence-corrected chi connectivity index (χ3v) is 4.23. The molecule has 1 aromatic rings. The van der Waals surface area contributed by atoms with Crippen molar-refractivity contribution in [1.29, 1.82) is 0 Å². The van der Waals surface area contributed by atoms with Gasteiger partial charge in [0, 0.05) is 31.5 Å². The van der Waals surface area contributed by atoms with Crippen molar-refractivity contribution in [2.45, 2.75) is 44.4 Å². The molecule has 0 bridgehead atoms. The molecule has 1 aliphatic heterocycles. The second-order valence-corrected chi connectivity index (χ2v) is 5.52. The largest absolute Gasteiger partial charge is 0.359 e. The van der Waals surface area contributed by atoms with Gasteiger partial charge in [-0.3, -0.25) is 0 Å². The number of aromatic nitrogens is 2. The van der Waals surface area contributed by atoms with E-state index in [0.29, 0.717) is 12.5 Å². The van der Waals surface area contributed by atoms with Crippen LogP contribution in [-0.4, -0.2) is 30.1 Å². The van der Waals surface area contributed by atoms with Crippen LogP contribution >= 0.6 is 0 Å². The molecule has 2 aliphatic rings. The quantitative estimate of drug-likeness (QED) is 0.880. The molecule has 2 N–H and O–H groups in total. The highest BCUT2D eigenvalue weighted by atomic mass is 15.2. The van der Waals surface area contributed by atoms with Crippen molar-refractivity contribution in [2.75, 3.05) is 25.0 Å². The fraction of sp³-hybridized carbons (Fsp3) is 0.714. The van der Waals surface area contributed by atoms with Crippen molar-refractivity contribution in [3.8, 4) is 0 Å². The van der Waals surface area contributed by atoms with E-state index in [1.54, 1.807) is 0 Å². The molecule has 1 saturated carbocycles. The number of likely N-dealkylation sites (N-methyl/N-ethyl adjacent to an activating group) is 1. The van der Waals surface area contributed by atoms with Gasteiger partial charge in [-0.15, -0.1) is 0 Å². The lowest BCUT2D eigenvalue weighted by Gasteiger charge is -2.16. The molecule has 0 aromatic carbocycles. The first kappa shape index (κ1) is 11.9. The summed E-state index contributed by atoms with van der Waals surface area (Å²) in [6.45, 7) is 1.71. The molecule has 4 heteroatoms. The van der Waals surface area contributed by atoms with Gasteiger partial charge in [-0.25, -0.2) is 9.97 Å². The van der Waals surface area contributed by atoms with Crippen LogP contribution in [0.1, 0.15) is 48.7 Å². The highest BCUT2D eigenvalue weighted by Gasteiger charge is 2.28. The molecule has 18 heavy (non-hydrogen) atoms. The Morgan fingerprint density at radius 1 is 1.28 bits per heavy atom. The Labute approximate surface area is 109 Å². The number of hydrogen-bond donors (Lipinski definition) is 1. The fourth-order valence-electron chi connectivity index (χ4n) is 3.25. The second kappa shape index (κ2) is 4.84. The lowest BCUT2D eigenvalue weighted by Crippen LogP contribution is -2.16. The van der Waals surface area contributed by atoms with Crippen LogP contribution in [0.2, 0.25) is 0 Å². The molecule has 0 unspecified atom stereocenters. The van der Waals surface area contributed by atoms with Crippen molar-refractivity contribution in [3.05, 3.63) is 17.1 Å². The van der Waals surface area contributed by atoms with Gasteiger partial charge in [0.25, 0.3) is 0 Å². The monoisotopic (exact) mass is 246 g/mol. The first-order valence-electron chi connectivity index (χ1n) is 7.10. The van der Waals surface area contributed by atoms with Crippen LogP contribution in [0.5, 0.6) is 0 Å². The predicted octanol–water partition coefficient (Wildman–Crippen LogP) is 1.63. The Hall–Kier alpha value is -1.16. The summed E-state index contributed by atoms with van der Waals surface area (Å²) in [5.74, 6) is 2.77. The Bertz CT molecular complexity index is 438. The van der Waals surface area contributed by atoms with E-state index >= 15 is 0 Å². The van der Waals surface area contributed by atoms with E-state index in [9.17, 15) is 0 Å². The molecular weight excluding hydrogens is 224 g/mol. The van der Waals surface area contributed by atoms with E-state index in [0.717, 1.165) is 31.0 Å². The summed E-state index contributed by atoms with van der Waals surface area (Å²) in [5, 5.41) is 0. The Balaban J connectivity index is 2.02. The van der Waals surface area contributed by atoms with E-state index in [1.165, 1.54) is 36.9 Å². The maximum absolute atomic E-state index is 5.65. The molecule has 0 amide bonds. The number of nitrogens with two attached hydrogens (primary N) is 1. The highest BCUT2D eigenvalue weighted by Crippen LogP contribution is 2.38. The summed E-state index contributed by atoms with van der Waals surface area (Å²) < 4.78 is 0. The van der Waals surface area contributed by atoms with Crippen molar-refractivity contribution < 1.29 is 0 Å². The number of rotatable bonds is 3. The average molecular weight is 246 g/mol. The lowest BCUT2D eigenvalue weighted by atomic mass is 9.98. The molecule has 4 nitrogen and oxygen atoms in total. The van der Waals surface area contributed by atoms with Gasteiger partial charge in [0.05, 0.1) is 5.69 Å². The van der Waals surface area contributed by atoms with Gasteiger partial charge in [-0.1, -0.05) is 12.8 Å². The van der Waals surface area contributed by atoms with Crippen molar-refractivity contribution in [1.82, 2.24) is 9.97 Å². The molecule has 0 radical (unpaired) electrons. The Morgan fingerprint density at radius 2 is 2.06 bits per heavy atom. The van der Waals surface area contributed by atoms with E-state index in [1.807, 2.05) is 0 Å². The van der Waals surface area contributed by atoms with Gasteiger partial charge in [-0.05, 0) is 25.8 Å². The highest BCUT2D eigenvalue weighted by molar-refractivity contribution is 5.54. The minimum absolute atomic E-state index is 0.632. The third kappa shape index (κ3) is 1.99. The van der Waals surface area contributed by atoms with Crippen LogP contribution < -0.4 is 10.6 Å². The van der Waals surface area contributed by atoms with Crippen LogP contribution in [0.3, 0.4) is 0 Å². The standard InChI is InChI=1S/C14H22N4/c1-18-9-7-11-13(10-4-2-3-5-10)16-12(6-8-15)17-14(11)18/h10H,2-9,15H2,1H3. The molecule has 2 heterocycles. The molecule has 0 spiro atoms. The van der Waals surface area contributed by atoms with Gasteiger partial charge < -0.3 is 10.6 Å². The second-order valence-electron chi connectivity index (χ2n) is 5.52. The molecule has 98 valence electrons. The zero-order valence-corrected chi connectivity index (χ0v) is 11.2. The van der Waals surface area contributed by atoms with Crippen LogP contribution in [0, 0.1) is 0 Å². The van der Waals surface area contributed by atoms with E-state index < -0.39 is 0 Å². The SMILES string of the molecule is CN1CCc2c(C3CCCC3)nc(CCN)nc21. The van der Waals surface area contributed by atoms with E-state index in [4.69, 9.17) is 15.7 Å². The fourth-order valence-corrected chi connectivity index (χ4v) is 3.25. The summed E-state index contributed by atoms with van der Waals surface area (Å²) in [6.07, 6.45) is 7.21. The van der Waals surface area contributed by atoms with E-state index in [2.05, 4.69) is 11.9 Å². The van der Waals surface area contributed by atoms with Crippen LogP contribution in [-0.2, 0) is 12.8 Å².